The zero-order chi connectivity index (χ0) is 15.7. The summed E-state index contributed by atoms with van der Waals surface area (Å²) in [4.78, 5) is 24.4. The summed E-state index contributed by atoms with van der Waals surface area (Å²) < 4.78 is 10.0. The van der Waals surface area contributed by atoms with Crippen molar-refractivity contribution >= 4 is 17.6 Å². The molecule has 1 amide bonds. The number of esters is 1. The van der Waals surface area contributed by atoms with Crippen molar-refractivity contribution in [3.05, 3.63) is 24.3 Å². The number of amides is 1. The minimum absolute atomic E-state index is 0.0182. The summed E-state index contributed by atoms with van der Waals surface area (Å²) in [5.41, 5.74) is 6.24. The van der Waals surface area contributed by atoms with E-state index in [2.05, 4.69) is 4.74 Å². The number of benzene rings is 1. The molecule has 1 aromatic rings. The van der Waals surface area contributed by atoms with Crippen molar-refractivity contribution in [3.63, 3.8) is 0 Å². The number of rotatable bonds is 8. The van der Waals surface area contributed by atoms with Gasteiger partial charge in [0.25, 0.3) is 0 Å². The van der Waals surface area contributed by atoms with E-state index in [0.29, 0.717) is 43.9 Å². The van der Waals surface area contributed by atoms with Gasteiger partial charge in [0.15, 0.2) is 0 Å². The summed E-state index contributed by atoms with van der Waals surface area (Å²) in [5, 5.41) is 0. The lowest BCUT2D eigenvalue weighted by Crippen LogP contribution is -2.29. The van der Waals surface area contributed by atoms with Gasteiger partial charge in [-0.05, 0) is 30.7 Å². The van der Waals surface area contributed by atoms with E-state index >= 15 is 0 Å². The van der Waals surface area contributed by atoms with Crippen LogP contribution in [0, 0.1) is 0 Å². The van der Waals surface area contributed by atoms with Gasteiger partial charge in [-0.1, -0.05) is 0 Å². The molecule has 6 nitrogen and oxygen atoms in total. The van der Waals surface area contributed by atoms with Crippen LogP contribution in [0.2, 0.25) is 0 Å². The molecule has 0 saturated heterocycles. The highest BCUT2D eigenvalue weighted by Gasteiger charge is 2.09. The summed E-state index contributed by atoms with van der Waals surface area (Å²) in [6.07, 6.45) is 1.20. The molecular weight excluding hydrogens is 272 g/mol. The standard InChI is InChI=1S/C15H22N2O4/c1-17(10-3-4-15(19)20-2)14(18)9-11-21-13-7-5-12(16)6-8-13/h5-8H,3-4,9-11,16H2,1-2H3. The zero-order valence-electron chi connectivity index (χ0n) is 12.5. The molecule has 0 aliphatic carbocycles. The average molecular weight is 294 g/mol. The second-order valence-electron chi connectivity index (χ2n) is 4.66. The van der Waals surface area contributed by atoms with Gasteiger partial charge in [-0.15, -0.1) is 0 Å². The lowest BCUT2D eigenvalue weighted by atomic mass is 10.3. The van der Waals surface area contributed by atoms with Gasteiger partial charge in [0.1, 0.15) is 5.75 Å². The number of anilines is 1. The molecule has 0 spiro atoms. The number of methoxy groups -OCH3 is 1. The van der Waals surface area contributed by atoms with E-state index in [1.54, 1.807) is 36.2 Å². The Morgan fingerprint density at radius 1 is 1.19 bits per heavy atom. The van der Waals surface area contributed by atoms with Crippen LogP contribution >= 0.6 is 0 Å². The van der Waals surface area contributed by atoms with Crippen molar-refractivity contribution in [1.29, 1.82) is 0 Å². The molecule has 21 heavy (non-hydrogen) atoms. The van der Waals surface area contributed by atoms with Crippen LogP contribution < -0.4 is 10.5 Å². The minimum atomic E-state index is -0.262. The van der Waals surface area contributed by atoms with Crippen LogP contribution in [-0.4, -0.2) is 44.1 Å². The SMILES string of the molecule is COC(=O)CCCN(C)C(=O)CCOc1ccc(N)cc1. The molecule has 0 unspecified atom stereocenters. The number of hydrogen-bond donors (Lipinski definition) is 1. The Morgan fingerprint density at radius 2 is 1.86 bits per heavy atom. The zero-order valence-corrected chi connectivity index (χ0v) is 12.5. The summed E-state index contributed by atoms with van der Waals surface area (Å²) in [5.74, 6) is 0.406. The highest BCUT2D eigenvalue weighted by atomic mass is 16.5. The Kier molecular flexibility index (Phi) is 7.08. The van der Waals surface area contributed by atoms with E-state index < -0.39 is 0 Å². The van der Waals surface area contributed by atoms with Crippen molar-refractivity contribution in [2.24, 2.45) is 0 Å². The van der Waals surface area contributed by atoms with Crippen molar-refractivity contribution < 1.29 is 19.1 Å². The first-order chi connectivity index (χ1) is 10.0. The number of nitrogens with zero attached hydrogens (tertiary/aromatic N) is 1. The lowest BCUT2D eigenvalue weighted by molar-refractivity contribution is -0.141. The minimum Gasteiger partial charge on any atom is -0.493 e. The predicted molar refractivity (Wildman–Crippen MR) is 79.9 cm³/mol. The van der Waals surface area contributed by atoms with Gasteiger partial charge in [0, 0.05) is 25.7 Å². The highest BCUT2D eigenvalue weighted by Crippen LogP contribution is 2.13. The smallest absolute Gasteiger partial charge is 0.305 e. The second kappa shape index (κ2) is 8.84. The summed E-state index contributed by atoms with van der Waals surface area (Å²) >= 11 is 0. The van der Waals surface area contributed by atoms with Gasteiger partial charge in [-0.2, -0.15) is 0 Å². The lowest BCUT2D eigenvalue weighted by Gasteiger charge is -2.17. The number of carbonyl (C=O) groups excluding carboxylic acids is 2. The third kappa shape index (κ3) is 6.65. The first kappa shape index (κ1) is 16.8. The fraction of sp³-hybridized carbons (Fsp3) is 0.467. The maximum atomic E-state index is 11.8. The molecule has 2 N–H and O–H groups in total. The topological polar surface area (TPSA) is 81.9 Å². The van der Waals surface area contributed by atoms with Crippen molar-refractivity contribution in [2.45, 2.75) is 19.3 Å². The molecular formula is C15H22N2O4. The number of hydrogen-bond acceptors (Lipinski definition) is 5. The van der Waals surface area contributed by atoms with Crippen LogP contribution in [0.3, 0.4) is 0 Å². The first-order valence-corrected chi connectivity index (χ1v) is 6.82. The highest BCUT2D eigenvalue weighted by molar-refractivity contribution is 5.76. The third-order valence-electron chi connectivity index (χ3n) is 2.99. The summed E-state index contributed by atoms with van der Waals surface area (Å²) in [7, 11) is 3.06. The normalized spacial score (nSPS) is 10.0. The molecule has 6 heteroatoms. The monoisotopic (exact) mass is 294 g/mol. The summed E-state index contributed by atoms with van der Waals surface area (Å²) in [6.45, 7) is 0.833. The van der Waals surface area contributed by atoms with Gasteiger partial charge in [-0.3, -0.25) is 9.59 Å². The van der Waals surface area contributed by atoms with Crippen LogP contribution in [0.5, 0.6) is 5.75 Å². The molecule has 0 radical (unpaired) electrons. The van der Waals surface area contributed by atoms with E-state index in [9.17, 15) is 9.59 Å². The summed E-state index contributed by atoms with van der Waals surface area (Å²) in [6, 6.07) is 7.02. The Hall–Kier alpha value is -2.24. The van der Waals surface area contributed by atoms with E-state index in [1.165, 1.54) is 7.11 Å². The van der Waals surface area contributed by atoms with E-state index in [4.69, 9.17) is 10.5 Å². The first-order valence-electron chi connectivity index (χ1n) is 6.82. The quantitative estimate of drug-likeness (QED) is 0.579. The second-order valence-corrected chi connectivity index (χ2v) is 4.66. The van der Waals surface area contributed by atoms with Gasteiger partial charge in [0.2, 0.25) is 5.91 Å². The molecule has 0 saturated carbocycles. The number of ether oxygens (including phenoxy) is 2. The Balaban J connectivity index is 2.20. The van der Waals surface area contributed by atoms with Crippen LogP contribution in [-0.2, 0) is 14.3 Å². The van der Waals surface area contributed by atoms with Crippen molar-refractivity contribution in [3.8, 4) is 5.75 Å². The molecule has 1 rings (SSSR count). The van der Waals surface area contributed by atoms with Gasteiger partial charge >= 0.3 is 5.97 Å². The predicted octanol–water partition coefficient (Wildman–Crippen LogP) is 1.45. The van der Waals surface area contributed by atoms with Gasteiger partial charge in [-0.25, -0.2) is 0 Å². The van der Waals surface area contributed by atoms with E-state index in [1.807, 2.05) is 0 Å². The fourth-order valence-corrected chi connectivity index (χ4v) is 1.70. The molecule has 0 bridgehead atoms. The van der Waals surface area contributed by atoms with Gasteiger partial charge in [0.05, 0.1) is 20.1 Å². The Bertz CT molecular complexity index is 459. The molecule has 1 aromatic carbocycles. The maximum absolute atomic E-state index is 11.8. The van der Waals surface area contributed by atoms with Crippen molar-refractivity contribution in [2.75, 3.05) is 33.0 Å². The largest absolute Gasteiger partial charge is 0.493 e. The molecule has 0 aromatic heterocycles. The number of nitrogen functional groups attached to an aromatic ring is 1. The third-order valence-corrected chi connectivity index (χ3v) is 2.99. The van der Waals surface area contributed by atoms with Crippen LogP contribution in [0.4, 0.5) is 5.69 Å². The van der Waals surface area contributed by atoms with E-state index in [-0.39, 0.29) is 11.9 Å². The number of nitrogens with two attached hydrogens (primary N) is 1. The molecule has 0 aliphatic heterocycles. The Morgan fingerprint density at radius 3 is 2.48 bits per heavy atom. The molecule has 0 atom stereocenters. The average Bonchev–Trinajstić information content (AvgIpc) is 2.48. The number of carbonyl (C=O) groups is 2. The van der Waals surface area contributed by atoms with Crippen LogP contribution in [0.25, 0.3) is 0 Å². The van der Waals surface area contributed by atoms with E-state index in [0.717, 1.165) is 0 Å². The Labute approximate surface area is 124 Å². The van der Waals surface area contributed by atoms with Crippen LogP contribution in [0.1, 0.15) is 19.3 Å². The molecule has 0 heterocycles. The van der Waals surface area contributed by atoms with Crippen LogP contribution in [0.15, 0.2) is 24.3 Å². The molecule has 0 fully saturated rings. The van der Waals surface area contributed by atoms with Gasteiger partial charge < -0.3 is 20.1 Å². The van der Waals surface area contributed by atoms with Crippen molar-refractivity contribution in [1.82, 2.24) is 4.90 Å². The molecule has 116 valence electrons. The molecule has 0 aliphatic rings. The maximum Gasteiger partial charge on any atom is 0.305 e. The fourth-order valence-electron chi connectivity index (χ4n) is 1.70.